The average molecular weight is 68.1 g/mol. The van der Waals surface area contributed by atoms with Crippen molar-refractivity contribution in [3.63, 3.8) is 0 Å². The lowest BCUT2D eigenvalue weighted by Crippen LogP contribution is -1.74. The van der Waals surface area contributed by atoms with Gasteiger partial charge in [-0.15, -0.1) is 0 Å². The molecule has 2 radical (unpaired) electrons. The molecule has 0 spiro atoms. The van der Waals surface area contributed by atoms with Gasteiger partial charge in [0.25, 0.3) is 0 Å². The molecule has 1 heteroatoms. The van der Waals surface area contributed by atoms with Crippen molar-refractivity contribution < 1.29 is 4.79 Å². The maximum Gasteiger partial charge on any atom is 0.153 e. The number of carbonyl (C=O) groups excluding carboxylic acids is 1. The van der Waals surface area contributed by atoms with E-state index in [2.05, 4.69) is 0 Å². The summed E-state index contributed by atoms with van der Waals surface area (Å²) >= 11 is 0. The van der Waals surface area contributed by atoms with Crippen LogP contribution in [0.1, 0.15) is 6.92 Å². The first kappa shape index (κ1) is 4.41. The van der Waals surface area contributed by atoms with E-state index in [9.17, 15) is 4.79 Å². The fraction of sp³-hybridized carbons (Fsp3) is 0.250. The molecule has 0 aromatic carbocycles. The summed E-state index contributed by atoms with van der Waals surface area (Å²) in [6.45, 7) is 7.52. The Hall–Kier alpha value is -0.590. The van der Waals surface area contributed by atoms with Gasteiger partial charge < -0.3 is 0 Å². The van der Waals surface area contributed by atoms with Crippen molar-refractivity contribution in [1.29, 1.82) is 0 Å². The van der Waals surface area contributed by atoms with E-state index >= 15 is 0 Å². The zero-order valence-corrected chi connectivity index (χ0v) is 2.99. The molecule has 0 fully saturated rings. The van der Waals surface area contributed by atoms with Gasteiger partial charge in [-0.05, 0) is 19.6 Å². The monoisotopic (exact) mass is 68.0 g/mol. The van der Waals surface area contributed by atoms with Crippen molar-refractivity contribution in [2.24, 2.45) is 0 Å². The Kier molecular flexibility index (Phi) is 1.50. The third-order valence-electron chi connectivity index (χ3n) is 0.203. The lowest BCUT2D eigenvalue weighted by molar-refractivity contribution is -0.112. The van der Waals surface area contributed by atoms with Crippen molar-refractivity contribution in [1.82, 2.24) is 0 Å². The van der Waals surface area contributed by atoms with Crippen LogP contribution in [-0.2, 0) is 4.79 Å². The summed E-state index contributed by atoms with van der Waals surface area (Å²) in [6.07, 6.45) is 0.778. The molecule has 0 heterocycles. The van der Waals surface area contributed by atoms with E-state index in [1.807, 2.05) is 0 Å². The van der Waals surface area contributed by atoms with Crippen LogP contribution >= 0.6 is 0 Å². The Morgan fingerprint density at radius 3 is 2.20 bits per heavy atom. The van der Waals surface area contributed by atoms with Gasteiger partial charge in [0.1, 0.15) is 0 Å². The molecule has 0 aliphatic rings. The molecule has 0 saturated carbocycles. The predicted octanol–water partition coefficient (Wildman–Crippen LogP) is 0.442. The highest BCUT2D eigenvalue weighted by atomic mass is 16.1. The van der Waals surface area contributed by atoms with Crippen molar-refractivity contribution >= 4 is 5.78 Å². The van der Waals surface area contributed by atoms with Gasteiger partial charge in [0.2, 0.25) is 0 Å². The van der Waals surface area contributed by atoms with Crippen LogP contribution in [0.5, 0.6) is 0 Å². The number of hydrogen-bond donors (Lipinski definition) is 0. The molecule has 0 aliphatic heterocycles. The van der Waals surface area contributed by atoms with Gasteiger partial charge in [-0.1, -0.05) is 0 Å². The number of hydrogen-bond acceptors (Lipinski definition) is 1. The Morgan fingerprint density at radius 1 is 2.00 bits per heavy atom. The van der Waals surface area contributed by atoms with Crippen molar-refractivity contribution in [3.8, 4) is 0 Å². The van der Waals surface area contributed by atoms with Crippen LogP contribution in [0.4, 0.5) is 0 Å². The van der Waals surface area contributed by atoms with E-state index < -0.39 is 0 Å². The molecule has 0 amide bonds. The van der Waals surface area contributed by atoms with Gasteiger partial charge in [0.05, 0.1) is 0 Å². The first-order valence-corrected chi connectivity index (χ1v) is 1.28. The van der Waals surface area contributed by atoms with Crippen LogP contribution < -0.4 is 0 Å². The number of rotatable bonds is 1. The molecule has 0 aliphatic carbocycles. The molecule has 5 heavy (non-hydrogen) atoms. The molecule has 0 unspecified atom stereocenters. The summed E-state index contributed by atoms with van der Waals surface area (Å²) < 4.78 is 0. The van der Waals surface area contributed by atoms with E-state index in [0.29, 0.717) is 0 Å². The fourth-order valence-electron chi connectivity index (χ4n) is 0. The highest BCUT2D eigenvalue weighted by Crippen LogP contribution is 1.60. The highest BCUT2D eigenvalue weighted by molar-refractivity contribution is 5.86. The summed E-state index contributed by atoms with van der Waals surface area (Å²) in [4.78, 5) is 9.57. The summed E-state index contributed by atoms with van der Waals surface area (Å²) in [5.74, 6) is -0.204. The second-order valence-electron chi connectivity index (χ2n) is 0.755. The standard InChI is InChI=1S/C4H4O/c1-3-4(2)5/h3H,2H3. The minimum absolute atomic E-state index is 0.204. The third-order valence-corrected chi connectivity index (χ3v) is 0.203. The van der Waals surface area contributed by atoms with Gasteiger partial charge in [0.15, 0.2) is 5.78 Å². The Balaban J connectivity index is 3.20. The summed E-state index contributed by atoms with van der Waals surface area (Å²) in [5.41, 5.74) is 0. The van der Waals surface area contributed by atoms with Crippen molar-refractivity contribution in [3.05, 3.63) is 12.7 Å². The SMILES string of the molecule is [C]=CC(C)=O. The van der Waals surface area contributed by atoms with Crippen LogP contribution in [0, 0.1) is 6.58 Å². The van der Waals surface area contributed by atoms with Crippen LogP contribution in [0.2, 0.25) is 0 Å². The molecule has 0 aromatic rings. The summed E-state index contributed by atoms with van der Waals surface area (Å²) in [6, 6.07) is 0. The van der Waals surface area contributed by atoms with Crippen LogP contribution in [-0.4, -0.2) is 5.78 Å². The molecule has 0 aromatic heterocycles. The van der Waals surface area contributed by atoms with Crippen LogP contribution in [0.25, 0.3) is 0 Å². The van der Waals surface area contributed by atoms with E-state index in [-0.39, 0.29) is 5.78 Å². The Labute approximate surface area is 31.3 Å². The number of allylic oxidation sites excluding steroid dienone is 1. The highest BCUT2D eigenvalue weighted by Gasteiger charge is 1.70. The lowest BCUT2D eigenvalue weighted by atomic mass is 10.5. The van der Waals surface area contributed by atoms with Gasteiger partial charge in [-0.25, -0.2) is 0 Å². The molecule has 26 valence electrons. The first-order valence-electron chi connectivity index (χ1n) is 1.28. The molecular weight excluding hydrogens is 64.0 g/mol. The fourth-order valence-corrected chi connectivity index (χ4v) is 0. The molecule has 0 rings (SSSR count). The zero-order chi connectivity index (χ0) is 4.28. The van der Waals surface area contributed by atoms with Crippen LogP contribution in [0.15, 0.2) is 6.08 Å². The minimum Gasteiger partial charge on any atom is -0.295 e. The van der Waals surface area contributed by atoms with E-state index in [1.54, 1.807) is 0 Å². The van der Waals surface area contributed by atoms with Gasteiger partial charge >= 0.3 is 0 Å². The second kappa shape index (κ2) is 1.70. The normalized spacial score (nSPS) is 6.60. The largest absolute Gasteiger partial charge is 0.295 e. The van der Waals surface area contributed by atoms with Crippen molar-refractivity contribution in [2.45, 2.75) is 6.92 Å². The van der Waals surface area contributed by atoms with Crippen molar-refractivity contribution in [2.75, 3.05) is 0 Å². The van der Waals surface area contributed by atoms with Gasteiger partial charge in [-0.3, -0.25) is 4.79 Å². The number of ketones is 1. The van der Waals surface area contributed by atoms with Gasteiger partial charge in [-0.2, -0.15) is 0 Å². The van der Waals surface area contributed by atoms with E-state index in [0.717, 1.165) is 6.08 Å². The third kappa shape index (κ3) is 3.41. The zero-order valence-electron chi connectivity index (χ0n) is 2.99. The summed E-state index contributed by atoms with van der Waals surface area (Å²) in [7, 11) is 0. The predicted molar refractivity (Wildman–Crippen MR) is 18.5 cm³/mol. The van der Waals surface area contributed by atoms with Gasteiger partial charge in [0, 0.05) is 0 Å². The molecule has 0 bridgehead atoms. The quantitative estimate of drug-likeness (QED) is 0.407. The van der Waals surface area contributed by atoms with E-state index in [4.69, 9.17) is 6.58 Å². The van der Waals surface area contributed by atoms with E-state index in [1.165, 1.54) is 6.92 Å². The average Bonchev–Trinajstić information content (AvgIpc) is 1.38. The second-order valence-corrected chi connectivity index (χ2v) is 0.755. The van der Waals surface area contributed by atoms with Crippen LogP contribution in [0.3, 0.4) is 0 Å². The topological polar surface area (TPSA) is 17.1 Å². The molecule has 0 atom stereocenters. The molecular formula is C4H4O. The minimum atomic E-state index is -0.204. The molecule has 1 nitrogen and oxygen atoms in total. The Morgan fingerprint density at radius 2 is 2.20 bits per heavy atom. The first-order chi connectivity index (χ1) is 2.27. The Bertz CT molecular complexity index is 54.7. The maximum absolute atomic E-state index is 9.57. The lowest BCUT2D eigenvalue weighted by Gasteiger charge is -1.62. The smallest absolute Gasteiger partial charge is 0.153 e. The molecule has 0 N–H and O–H groups in total. The maximum atomic E-state index is 9.57. The molecule has 0 saturated heterocycles. The summed E-state index contributed by atoms with van der Waals surface area (Å²) in [5, 5.41) is 0. The number of carbonyl (C=O) groups is 1.